The molecule has 0 saturated heterocycles. The predicted molar refractivity (Wildman–Crippen MR) is 99.9 cm³/mol. The summed E-state index contributed by atoms with van der Waals surface area (Å²) in [4.78, 5) is 16.4. The fourth-order valence-corrected chi connectivity index (χ4v) is 2.34. The van der Waals surface area contributed by atoms with E-state index in [1.807, 2.05) is 0 Å². The number of ether oxygens (including phenoxy) is 1. The van der Waals surface area contributed by atoms with Crippen LogP contribution in [0.5, 0.6) is 0 Å². The van der Waals surface area contributed by atoms with E-state index < -0.39 is 5.97 Å². The molecule has 0 radical (unpaired) electrons. The predicted octanol–water partition coefficient (Wildman–Crippen LogP) is 3.41. The number of nitrogens with zero attached hydrogens (tertiary/aromatic N) is 4. The number of aromatic nitrogens is 3. The van der Waals surface area contributed by atoms with Crippen LogP contribution in [0.3, 0.4) is 0 Å². The summed E-state index contributed by atoms with van der Waals surface area (Å²) in [6.07, 6.45) is 1.43. The molecule has 0 spiro atoms. The van der Waals surface area contributed by atoms with Crippen LogP contribution in [0.15, 0.2) is 54.7 Å². The van der Waals surface area contributed by atoms with Gasteiger partial charge in [-0.15, -0.1) is 5.10 Å². The number of hydrogen-bond donors (Lipinski definition) is 2. The molecule has 27 heavy (non-hydrogen) atoms. The first-order chi connectivity index (χ1) is 13.2. The van der Waals surface area contributed by atoms with Gasteiger partial charge in [-0.2, -0.15) is 15.3 Å². The molecule has 0 bridgehead atoms. The lowest BCUT2D eigenvalue weighted by Gasteiger charge is -2.11. The molecule has 2 aromatic carbocycles. The topological polar surface area (TPSA) is 113 Å². The van der Waals surface area contributed by atoms with E-state index in [1.165, 1.54) is 6.20 Å². The van der Waals surface area contributed by atoms with E-state index in [9.17, 15) is 4.79 Å². The number of anilines is 4. The first-order valence-corrected chi connectivity index (χ1v) is 8.20. The number of carbonyl (C=O) groups excluding carboxylic acids is 1. The maximum absolute atomic E-state index is 12.1. The summed E-state index contributed by atoms with van der Waals surface area (Å²) in [6, 6.07) is 16.1. The lowest BCUT2D eigenvalue weighted by Crippen LogP contribution is -2.09. The molecule has 3 rings (SSSR count). The molecule has 0 amide bonds. The number of nitrogens with one attached hydrogen (secondary N) is 2. The zero-order valence-corrected chi connectivity index (χ0v) is 14.5. The second-order valence-electron chi connectivity index (χ2n) is 5.34. The number of esters is 1. The Balaban J connectivity index is 1.83. The van der Waals surface area contributed by atoms with Gasteiger partial charge in [0.1, 0.15) is 6.07 Å². The minimum Gasteiger partial charge on any atom is -0.462 e. The first-order valence-electron chi connectivity index (χ1n) is 8.20. The molecule has 0 unspecified atom stereocenters. The van der Waals surface area contributed by atoms with E-state index in [4.69, 9.17) is 10.00 Å². The van der Waals surface area contributed by atoms with Crippen LogP contribution in [0.25, 0.3) is 0 Å². The van der Waals surface area contributed by atoms with Crippen molar-refractivity contribution in [2.45, 2.75) is 6.92 Å². The highest BCUT2D eigenvalue weighted by Gasteiger charge is 2.13. The Morgan fingerprint density at radius 1 is 1.11 bits per heavy atom. The molecular weight excluding hydrogens is 344 g/mol. The molecule has 2 N–H and O–H groups in total. The molecule has 3 aromatic rings. The zero-order valence-electron chi connectivity index (χ0n) is 14.5. The molecule has 1 aromatic heterocycles. The fourth-order valence-electron chi connectivity index (χ4n) is 2.34. The molecular formula is C19H16N6O2. The summed E-state index contributed by atoms with van der Waals surface area (Å²) in [7, 11) is 0. The summed E-state index contributed by atoms with van der Waals surface area (Å²) in [5.74, 6) is 0.180. The fraction of sp³-hybridized carbons (Fsp3) is 0.105. The SMILES string of the molecule is CCOC(=O)c1ccccc1Nc1cnnc(Nc2ccccc2C#N)n1. The highest BCUT2D eigenvalue weighted by Crippen LogP contribution is 2.22. The third-order valence-electron chi connectivity index (χ3n) is 3.54. The second kappa shape index (κ2) is 8.40. The van der Waals surface area contributed by atoms with Gasteiger partial charge in [0.25, 0.3) is 0 Å². The van der Waals surface area contributed by atoms with E-state index >= 15 is 0 Å². The highest BCUT2D eigenvalue weighted by atomic mass is 16.5. The Morgan fingerprint density at radius 2 is 1.85 bits per heavy atom. The van der Waals surface area contributed by atoms with Gasteiger partial charge in [-0.25, -0.2) is 4.79 Å². The first kappa shape index (κ1) is 17.8. The number of rotatable bonds is 6. The Kier molecular flexibility index (Phi) is 5.54. The van der Waals surface area contributed by atoms with Gasteiger partial charge in [0.15, 0.2) is 5.82 Å². The number of carbonyl (C=O) groups is 1. The standard InChI is InChI=1S/C19H16N6O2/c1-2-27-18(26)14-8-4-6-10-16(14)22-17-12-21-25-19(24-17)23-15-9-5-3-7-13(15)11-20/h3-10,12H,2H2,1H3,(H2,22,23,24,25). The molecule has 0 atom stereocenters. The van der Waals surface area contributed by atoms with Gasteiger partial charge in [-0.1, -0.05) is 24.3 Å². The van der Waals surface area contributed by atoms with Gasteiger partial charge < -0.3 is 15.4 Å². The van der Waals surface area contributed by atoms with Crippen molar-refractivity contribution >= 4 is 29.1 Å². The van der Waals surface area contributed by atoms with Crippen molar-refractivity contribution in [3.8, 4) is 6.07 Å². The van der Waals surface area contributed by atoms with Gasteiger partial charge in [0.2, 0.25) is 5.95 Å². The number of benzene rings is 2. The summed E-state index contributed by atoms with van der Waals surface area (Å²) < 4.78 is 5.06. The zero-order chi connectivity index (χ0) is 19.1. The quantitative estimate of drug-likeness (QED) is 0.643. The minimum absolute atomic E-state index is 0.219. The molecule has 0 saturated carbocycles. The van der Waals surface area contributed by atoms with Crippen LogP contribution >= 0.6 is 0 Å². The molecule has 8 heteroatoms. The Hall–Kier alpha value is -3.99. The van der Waals surface area contributed by atoms with Gasteiger partial charge in [0.05, 0.1) is 35.3 Å². The average Bonchev–Trinajstić information content (AvgIpc) is 2.69. The molecule has 0 aliphatic rings. The van der Waals surface area contributed by atoms with Crippen molar-refractivity contribution in [2.24, 2.45) is 0 Å². The van der Waals surface area contributed by atoms with Crippen LogP contribution in [0.1, 0.15) is 22.8 Å². The molecule has 1 heterocycles. The summed E-state index contributed by atoms with van der Waals surface area (Å²) in [5, 5.41) is 23.0. The van der Waals surface area contributed by atoms with Crippen LogP contribution < -0.4 is 10.6 Å². The van der Waals surface area contributed by atoms with E-state index in [2.05, 4.69) is 31.9 Å². The lowest BCUT2D eigenvalue weighted by molar-refractivity contribution is 0.0527. The third-order valence-corrected chi connectivity index (χ3v) is 3.54. The molecule has 0 fully saturated rings. The van der Waals surface area contributed by atoms with E-state index in [1.54, 1.807) is 55.5 Å². The van der Waals surface area contributed by atoms with Crippen molar-refractivity contribution < 1.29 is 9.53 Å². The van der Waals surface area contributed by atoms with E-state index in [0.717, 1.165) is 0 Å². The monoisotopic (exact) mass is 360 g/mol. The normalized spacial score (nSPS) is 9.93. The summed E-state index contributed by atoms with van der Waals surface area (Å²) in [5.41, 5.74) is 1.97. The van der Waals surface area contributed by atoms with Gasteiger partial charge >= 0.3 is 5.97 Å². The van der Waals surface area contributed by atoms with Gasteiger partial charge in [-0.05, 0) is 31.2 Å². The largest absolute Gasteiger partial charge is 0.462 e. The lowest BCUT2D eigenvalue weighted by atomic mass is 10.2. The second-order valence-corrected chi connectivity index (χ2v) is 5.34. The van der Waals surface area contributed by atoms with Crippen LogP contribution in [0.2, 0.25) is 0 Å². The van der Waals surface area contributed by atoms with Crippen molar-refractivity contribution in [3.05, 3.63) is 65.9 Å². The van der Waals surface area contributed by atoms with E-state index in [-0.39, 0.29) is 12.6 Å². The molecule has 8 nitrogen and oxygen atoms in total. The number of hydrogen-bond acceptors (Lipinski definition) is 8. The highest BCUT2D eigenvalue weighted by molar-refractivity contribution is 5.96. The molecule has 0 aliphatic carbocycles. The minimum atomic E-state index is -0.427. The number of para-hydroxylation sites is 2. The van der Waals surface area contributed by atoms with Crippen molar-refractivity contribution in [1.82, 2.24) is 15.2 Å². The molecule has 0 aliphatic heterocycles. The summed E-state index contributed by atoms with van der Waals surface area (Å²) >= 11 is 0. The Labute approximate surface area is 155 Å². The Morgan fingerprint density at radius 3 is 2.63 bits per heavy atom. The molecule has 134 valence electrons. The van der Waals surface area contributed by atoms with Crippen LogP contribution in [-0.2, 0) is 4.74 Å². The van der Waals surface area contributed by atoms with Crippen molar-refractivity contribution in [1.29, 1.82) is 5.26 Å². The number of nitriles is 1. The summed E-state index contributed by atoms with van der Waals surface area (Å²) in [6.45, 7) is 2.04. The Bertz CT molecular complexity index is 999. The van der Waals surface area contributed by atoms with Crippen LogP contribution in [-0.4, -0.2) is 27.8 Å². The third kappa shape index (κ3) is 4.35. The van der Waals surface area contributed by atoms with Crippen LogP contribution in [0.4, 0.5) is 23.1 Å². The van der Waals surface area contributed by atoms with Gasteiger partial charge in [0, 0.05) is 0 Å². The average molecular weight is 360 g/mol. The maximum atomic E-state index is 12.1. The smallest absolute Gasteiger partial charge is 0.340 e. The van der Waals surface area contributed by atoms with Crippen molar-refractivity contribution in [2.75, 3.05) is 17.2 Å². The van der Waals surface area contributed by atoms with Crippen molar-refractivity contribution in [3.63, 3.8) is 0 Å². The van der Waals surface area contributed by atoms with Gasteiger partial charge in [-0.3, -0.25) is 0 Å². The van der Waals surface area contributed by atoms with E-state index in [0.29, 0.717) is 28.3 Å². The van der Waals surface area contributed by atoms with Crippen LogP contribution in [0, 0.1) is 11.3 Å². The maximum Gasteiger partial charge on any atom is 0.340 e.